The number of rotatable bonds is 7. The molecule has 2 N–H and O–H groups in total. The Morgan fingerprint density at radius 2 is 1.81 bits per heavy atom. The van der Waals surface area contributed by atoms with Crippen molar-refractivity contribution in [1.29, 1.82) is 0 Å². The Kier molecular flexibility index (Phi) is 7.38. The highest BCUT2D eigenvalue weighted by atomic mass is 32.2. The highest BCUT2D eigenvalue weighted by molar-refractivity contribution is 7.90. The average molecular weight is 537 g/mol. The summed E-state index contributed by atoms with van der Waals surface area (Å²) in [5, 5.41) is 0. The van der Waals surface area contributed by atoms with Gasteiger partial charge in [-0.1, -0.05) is 24.3 Å². The molecule has 0 radical (unpaired) electrons. The van der Waals surface area contributed by atoms with Gasteiger partial charge in [0, 0.05) is 36.5 Å². The lowest BCUT2D eigenvalue weighted by molar-refractivity contribution is -0.134. The number of allylic oxidation sites excluding steroid dienone is 2. The van der Waals surface area contributed by atoms with E-state index in [1.807, 2.05) is 0 Å². The van der Waals surface area contributed by atoms with Crippen LogP contribution in [-0.4, -0.2) is 57.6 Å². The van der Waals surface area contributed by atoms with E-state index in [9.17, 15) is 22.0 Å². The topological polar surface area (TPSA) is 98.9 Å². The first-order chi connectivity index (χ1) is 17.5. The molecule has 1 heterocycles. The molecule has 0 bridgehead atoms. The van der Waals surface area contributed by atoms with E-state index in [4.69, 9.17) is 15.2 Å². The van der Waals surface area contributed by atoms with Gasteiger partial charge in [0.15, 0.2) is 21.4 Å². The molecule has 1 aliphatic heterocycles. The minimum Gasteiger partial charge on any atom is -0.499 e. The number of alkyl halides is 1. The van der Waals surface area contributed by atoms with Crippen molar-refractivity contribution in [2.75, 3.05) is 26.5 Å². The standard InChI is InChI=1S/C26H27F3N2O5S/c1-35-24-19(18-5-3-4-6-22(18)37(2,33)34)9-12-26(29,23(24)25(30)32)31-13-10-17(11-14-31)36-21-8-7-16(27)15-20(21)28/h3-9,12,15,17,23H,10-11,13-14H2,1-2H3,(H2,30,32). The zero-order chi connectivity index (χ0) is 27.0. The van der Waals surface area contributed by atoms with Crippen molar-refractivity contribution in [2.45, 2.75) is 29.6 Å². The zero-order valence-corrected chi connectivity index (χ0v) is 21.1. The van der Waals surface area contributed by atoms with Crippen LogP contribution in [-0.2, 0) is 19.4 Å². The van der Waals surface area contributed by atoms with Gasteiger partial charge >= 0.3 is 0 Å². The number of piperidine rings is 1. The Morgan fingerprint density at radius 1 is 1.14 bits per heavy atom. The molecule has 2 unspecified atom stereocenters. The highest BCUT2D eigenvalue weighted by Gasteiger charge is 2.52. The van der Waals surface area contributed by atoms with Crippen LogP contribution in [0.1, 0.15) is 18.4 Å². The summed E-state index contributed by atoms with van der Waals surface area (Å²) in [5.74, 6) is -6.62. The highest BCUT2D eigenvalue weighted by Crippen LogP contribution is 2.44. The van der Waals surface area contributed by atoms with E-state index in [1.54, 1.807) is 18.2 Å². The number of carbonyl (C=O) groups excluding carboxylic acids is 1. The first-order valence-corrected chi connectivity index (χ1v) is 13.5. The van der Waals surface area contributed by atoms with Crippen molar-refractivity contribution in [1.82, 2.24) is 4.90 Å². The number of hydrogen-bond acceptors (Lipinski definition) is 6. The number of primary amides is 1. The Bertz CT molecular complexity index is 1370. The van der Waals surface area contributed by atoms with Gasteiger partial charge in [0.2, 0.25) is 11.7 Å². The molecule has 2 aromatic carbocycles. The summed E-state index contributed by atoms with van der Waals surface area (Å²) in [5.41, 5.74) is 6.17. The second-order valence-corrected chi connectivity index (χ2v) is 11.0. The third kappa shape index (κ3) is 5.24. The number of ether oxygens (including phenoxy) is 2. The fourth-order valence-electron chi connectivity index (χ4n) is 4.86. The van der Waals surface area contributed by atoms with Gasteiger partial charge in [-0.15, -0.1) is 0 Å². The van der Waals surface area contributed by atoms with Gasteiger partial charge in [0.05, 0.1) is 12.0 Å². The first-order valence-electron chi connectivity index (χ1n) is 11.6. The smallest absolute Gasteiger partial charge is 0.233 e. The average Bonchev–Trinajstić information content (AvgIpc) is 2.85. The molecule has 2 aliphatic rings. The van der Waals surface area contributed by atoms with Crippen LogP contribution in [0.15, 0.2) is 65.3 Å². The van der Waals surface area contributed by atoms with E-state index < -0.39 is 45.2 Å². The number of halogens is 3. The number of hydrogen-bond donors (Lipinski definition) is 1. The lowest BCUT2D eigenvalue weighted by atomic mass is 9.82. The number of nitrogens with two attached hydrogens (primary N) is 1. The minimum absolute atomic E-state index is 0.00441. The van der Waals surface area contributed by atoms with Gasteiger partial charge < -0.3 is 15.2 Å². The van der Waals surface area contributed by atoms with Crippen LogP contribution in [0.3, 0.4) is 0 Å². The Morgan fingerprint density at radius 3 is 2.41 bits per heavy atom. The quantitative estimate of drug-likeness (QED) is 0.543. The molecular formula is C26H27F3N2O5S. The lowest BCUT2D eigenvalue weighted by Gasteiger charge is -2.45. The van der Waals surface area contributed by atoms with Crippen LogP contribution >= 0.6 is 0 Å². The molecule has 0 saturated carbocycles. The number of benzene rings is 2. The van der Waals surface area contributed by atoms with Crippen molar-refractivity contribution < 1.29 is 35.9 Å². The molecule has 4 rings (SSSR count). The molecule has 2 aromatic rings. The maximum absolute atomic E-state index is 16.7. The number of methoxy groups -OCH3 is 1. The maximum Gasteiger partial charge on any atom is 0.233 e. The summed E-state index contributed by atoms with van der Waals surface area (Å²) in [6.07, 6.45) is 3.81. The molecule has 1 fully saturated rings. The molecule has 2 atom stereocenters. The minimum atomic E-state index is -3.64. The molecule has 198 valence electrons. The summed E-state index contributed by atoms with van der Waals surface area (Å²) < 4.78 is 79.7. The molecule has 1 saturated heterocycles. The molecule has 1 aliphatic carbocycles. The summed E-state index contributed by atoms with van der Waals surface area (Å²) in [6, 6.07) is 9.18. The second-order valence-electron chi connectivity index (χ2n) is 9.03. The maximum atomic E-state index is 16.7. The van der Waals surface area contributed by atoms with Crippen molar-refractivity contribution in [3.05, 3.63) is 77.6 Å². The normalized spacial score (nSPS) is 23.2. The van der Waals surface area contributed by atoms with E-state index >= 15 is 4.39 Å². The summed E-state index contributed by atoms with van der Waals surface area (Å²) in [7, 11) is -2.38. The van der Waals surface area contributed by atoms with Crippen LogP contribution < -0.4 is 10.5 Å². The van der Waals surface area contributed by atoms with E-state index in [2.05, 4.69) is 0 Å². The number of likely N-dealkylation sites (tertiary alicyclic amines) is 1. The van der Waals surface area contributed by atoms with Crippen molar-refractivity contribution >= 4 is 21.3 Å². The van der Waals surface area contributed by atoms with E-state index in [0.29, 0.717) is 12.8 Å². The predicted octanol–water partition coefficient (Wildman–Crippen LogP) is 3.61. The largest absolute Gasteiger partial charge is 0.499 e. The van der Waals surface area contributed by atoms with Crippen LogP contribution in [0.2, 0.25) is 0 Å². The van der Waals surface area contributed by atoms with Crippen molar-refractivity contribution in [2.24, 2.45) is 11.7 Å². The number of sulfone groups is 1. The van der Waals surface area contributed by atoms with Crippen molar-refractivity contribution in [3.8, 4) is 5.75 Å². The van der Waals surface area contributed by atoms with E-state index in [0.717, 1.165) is 18.4 Å². The predicted molar refractivity (Wildman–Crippen MR) is 131 cm³/mol. The number of nitrogens with zero attached hydrogens (tertiary/aromatic N) is 1. The van der Waals surface area contributed by atoms with E-state index in [1.165, 1.54) is 36.3 Å². The SMILES string of the molecule is COC1=C(c2ccccc2S(C)(=O)=O)C=CC(F)(N2CCC(Oc3ccc(F)cc3F)CC2)C1C(N)=O. The molecule has 37 heavy (non-hydrogen) atoms. The molecule has 0 spiro atoms. The lowest BCUT2D eigenvalue weighted by Crippen LogP contribution is -2.58. The number of amides is 1. The third-order valence-electron chi connectivity index (χ3n) is 6.61. The van der Waals surface area contributed by atoms with E-state index in [-0.39, 0.29) is 40.6 Å². The summed E-state index contributed by atoms with van der Waals surface area (Å²) in [6.45, 7) is 0.286. The molecule has 0 aromatic heterocycles. The molecular weight excluding hydrogens is 509 g/mol. The fraction of sp³-hybridized carbons (Fsp3) is 0.346. The van der Waals surface area contributed by atoms with Crippen LogP contribution in [0, 0.1) is 17.6 Å². The molecule has 11 heteroatoms. The molecule has 7 nitrogen and oxygen atoms in total. The first kappa shape index (κ1) is 26.7. The van der Waals surface area contributed by atoms with Gasteiger partial charge in [-0.3, -0.25) is 9.69 Å². The summed E-state index contributed by atoms with van der Waals surface area (Å²) in [4.78, 5) is 14.0. The van der Waals surface area contributed by atoms with Crippen LogP contribution in [0.5, 0.6) is 5.75 Å². The van der Waals surface area contributed by atoms with Gasteiger partial charge in [-0.2, -0.15) is 0 Å². The van der Waals surface area contributed by atoms with Crippen LogP contribution in [0.4, 0.5) is 13.2 Å². The summed E-state index contributed by atoms with van der Waals surface area (Å²) >= 11 is 0. The second kappa shape index (κ2) is 10.2. The van der Waals surface area contributed by atoms with Gasteiger partial charge in [-0.05, 0) is 37.1 Å². The van der Waals surface area contributed by atoms with Gasteiger partial charge in [0.25, 0.3) is 0 Å². The Hall–Kier alpha value is -3.31. The zero-order valence-electron chi connectivity index (χ0n) is 20.3. The fourth-order valence-corrected chi connectivity index (χ4v) is 5.77. The van der Waals surface area contributed by atoms with Crippen LogP contribution in [0.25, 0.3) is 5.57 Å². The molecule has 1 amide bonds. The number of carbonyl (C=O) groups is 1. The third-order valence-corrected chi connectivity index (χ3v) is 7.77. The van der Waals surface area contributed by atoms with Gasteiger partial charge in [-0.25, -0.2) is 21.6 Å². The Labute approximate surface area is 213 Å². The monoisotopic (exact) mass is 536 g/mol. The van der Waals surface area contributed by atoms with Gasteiger partial charge in [0.1, 0.15) is 23.6 Å². The Balaban J connectivity index is 1.61. The van der Waals surface area contributed by atoms with Crippen molar-refractivity contribution in [3.63, 3.8) is 0 Å².